The molecular weight excluding hydrogens is 240 g/mol. The number of aromatic nitrogens is 1. The molecule has 1 rings (SSSR count). The fourth-order valence-corrected chi connectivity index (χ4v) is 1.39. The van der Waals surface area contributed by atoms with E-state index in [4.69, 9.17) is 4.74 Å². The minimum absolute atomic E-state index is 0.290. The van der Waals surface area contributed by atoms with Gasteiger partial charge in [0.2, 0.25) is 0 Å². The molecule has 0 saturated heterocycles. The lowest BCUT2D eigenvalue weighted by Gasteiger charge is -2.24. The van der Waals surface area contributed by atoms with Crippen molar-refractivity contribution >= 4 is 12.2 Å². The van der Waals surface area contributed by atoms with Gasteiger partial charge in [-0.3, -0.25) is 4.98 Å². The Hall–Kier alpha value is -1.84. The lowest BCUT2D eigenvalue weighted by molar-refractivity contribution is 0.0302. The van der Waals surface area contributed by atoms with Crippen LogP contribution in [-0.2, 0) is 4.74 Å². The van der Waals surface area contributed by atoms with Crippen LogP contribution in [0.25, 0.3) is 6.08 Å². The zero-order valence-electron chi connectivity index (χ0n) is 12.1. The van der Waals surface area contributed by atoms with Crippen LogP contribution in [0.15, 0.2) is 30.6 Å². The van der Waals surface area contributed by atoms with Gasteiger partial charge in [-0.2, -0.15) is 0 Å². The summed E-state index contributed by atoms with van der Waals surface area (Å²) < 4.78 is 5.27. The smallest absolute Gasteiger partial charge is 0.410 e. The van der Waals surface area contributed by atoms with Gasteiger partial charge in [-0.1, -0.05) is 18.2 Å². The molecule has 104 valence electrons. The van der Waals surface area contributed by atoms with Gasteiger partial charge in [-0.15, -0.1) is 0 Å². The minimum Gasteiger partial charge on any atom is -0.444 e. The van der Waals surface area contributed by atoms with Gasteiger partial charge in [0, 0.05) is 26.0 Å². The van der Waals surface area contributed by atoms with Crippen molar-refractivity contribution in [2.75, 3.05) is 13.6 Å². The van der Waals surface area contributed by atoms with Gasteiger partial charge < -0.3 is 9.64 Å². The Morgan fingerprint density at radius 2 is 2.21 bits per heavy atom. The van der Waals surface area contributed by atoms with Crippen LogP contribution >= 0.6 is 0 Å². The van der Waals surface area contributed by atoms with Crippen molar-refractivity contribution in [3.63, 3.8) is 0 Å². The Kier molecular flexibility index (Phi) is 5.55. The van der Waals surface area contributed by atoms with Crippen LogP contribution < -0.4 is 0 Å². The molecule has 0 bridgehead atoms. The predicted octanol–water partition coefficient (Wildman–Crippen LogP) is 3.35. The molecule has 0 aliphatic rings. The maximum atomic E-state index is 11.7. The minimum atomic E-state index is -0.448. The van der Waals surface area contributed by atoms with Gasteiger partial charge in [0.05, 0.1) is 0 Å². The van der Waals surface area contributed by atoms with Crippen molar-refractivity contribution < 1.29 is 9.53 Å². The van der Waals surface area contributed by atoms with Crippen molar-refractivity contribution in [2.24, 2.45) is 0 Å². The maximum Gasteiger partial charge on any atom is 0.410 e. The average Bonchev–Trinajstić information content (AvgIpc) is 2.33. The van der Waals surface area contributed by atoms with Gasteiger partial charge in [0.15, 0.2) is 0 Å². The lowest BCUT2D eigenvalue weighted by Crippen LogP contribution is -2.34. The van der Waals surface area contributed by atoms with Crippen LogP contribution in [0.1, 0.15) is 32.8 Å². The fourth-order valence-electron chi connectivity index (χ4n) is 1.39. The molecule has 1 amide bonds. The second-order valence-electron chi connectivity index (χ2n) is 5.38. The number of rotatable bonds is 4. The Morgan fingerprint density at radius 1 is 1.47 bits per heavy atom. The van der Waals surface area contributed by atoms with E-state index in [1.807, 2.05) is 45.1 Å². The first-order valence-electron chi connectivity index (χ1n) is 6.39. The maximum absolute atomic E-state index is 11.7. The Labute approximate surface area is 115 Å². The van der Waals surface area contributed by atoms with E-state index in [0.29, 0.717) is 6.54 Å². The summed E-state index contributed by atoms with van der Waals surface area (Å²) >= 11 is 0. The van der Waals surface area contributed by atoms with E-state index in [1.54, 1.807) is 24.3 Å². The van der Waals surface area contributed by atoms with Crippen LogP contribution in [0.5, 0.6) is 0 Å². The van der Waals surface area contributed by atoms with Gasteiger partial charge in [-0.05, 0) is 38.8 Å². The second-order valence-corrected chi connectivity index (χ2v) is 5.38. The molecule has 0 N–H and O–H groups in total. The zero-order chi connectivity index (χ0) is 14.3. The summed E-state index contributed by atoms with van der Waals surface area (Å²) in [5.41, 5.74) is 0.610. The first-order chi connectivity index (χ1) is 8.88. The van der Waals surface area contributed by atoms with Crippen LogP contribution in [0.3, 0.4) is 0 Å². The standard InChI is InChI=1S/C15H22N2O2/c1-15(2,3)19-14(18)17(4)11-6-5-8-13-9-7-10-16-12-13/h5,7-10,12H,6,11H2,1-4H3. The van der Waals surface area contributed by atoms with Crippen molar-refractivity contribution in [2.45, 2.75) is 32.8 Å². The molecule has 1 aromatic heterocycles. The number of pyridine rings is 1. The summed E-state index contributed by atoms with van der Waals surface area (Å²) in [5.74, 6) is 0. The fraction of sp³-hybridized carbons (Fsp3) is 0.467. The summed E-state index contributed by atoms with van der Waals surface area (Å²) in [6, 6.07) is 3.88. The second kappa shape index (κ2) is 6.92. The SMILES string of the molecule is CN(CCC=Cc1cccnc1)C(=O)OC(C)(C)C. The summed E-state index contributed by atoms with van der Waals surface area (Å²) in [7, 11) is 1.74. The summed E-state index contributed by atoms with van der Waals surface area (Å²) in [4.78, 5) is 17.3. The predicted molar refractivity (Wildman–Crippen MR) is 76.8 cm³/mol. The van der Waals surface area contributed by atoms with Crippen LogP contribution in [-0.4, -0.2) is 35.2 Å². The van der Waals surface area contributed by atoms with Crippen molar-refractivity contribution in [3.8, 4) is 0 Å². The van der Waals surface area contributed by atoms with E-state index in [9.17, 15) is 4.79 Å². The van der Waals surface area contributed by atoms with Crippen LogP contribution in [0.4, 0.5) is 4.79 Å². The van der Waals surface area contributed by atoms with Crippen LogP contribution in [0.2, 0.25) is 0 Å². The Balaban J connectivity index is 2.33. The highest BCUT2D eigenvalue weighted by Crippen LogP contribution is 2.09. The summed E-state index contributed by atoms with van der Waals surface area (Å²) in [6.07, 6.45) is 8.06. The van der Waals surface area contributed by atoms with E-state index in [-0.39, 0.29) is 6.09 Å². The first kappa shape index (κ1) is 15.2. The quantitative estimate of drug-likeness (QED) is 0.835. The number of carbonyl (C=O) groups is 1. The molecule has 0 unspecified atom stereocenters. The number of ether oxygens (including phenoxy) is 1. The van der Waals surface area contributed by atoms with Gasteiger partial charge in [0.1, 0.15) is 5.60 Å². The van der Waals surface area contributed by atoms with Crippen molar-refractivity contribution in [1.82, 2.24) is 9.88 Å². The molecule has 0 aliphatic carbocycles. The number of carbonyl (C=O) groups excluding carboxylic acids is 1. The van der Waals surface area contributed by atoms with Crippen molar-refractivity contribution in [3.05, 3.63) is 36.2 Å². The van der Waals surface area contributed by atoms with Gasteiger partial charge >= 0.3 is 6.09 Å². The summed E-state index contributed by atoms with van der Waals surface area (Å²) in [6.45, 7) is 6.22. The molecule has 0 radical (unpaired) electrons. The number of hydrogen-bond acceptors (Lipinski definition) is 3. The largest absolute Gasteiger partial charge is 0.444 e. The highest BCUT2D eigenvalue weighted by Gasteiger charge is 2.18. The molecular formula is C15H22N2O2. The van der Waals surface area contributed by atoms with E-state index < -0.39 is 5.60 Å². The summed E-state index contributed by atoms with van der Waals surface area (Å²) in [5, 5.41) is 0. The molecule has 19 heavy (non-hydrogen) atoms. The normalized spacial score (nSPS) is 11.6. The van der Waals surface area contributed by atoms with Crippen molar-refractivity contribution in [1.29, 1.82) is 0 Å². The molecule has 1 aromatic rings. The number of amides is 1. The van der Waals surface area contributed by atoms with E-state index >= 15 is 0 Å². The number of nitrogens with zero attached hydrogens (tertiary/aromatic N) is 2. The van der Waals surface area contributed by atoms with E-state index in [1.165, 1.54) is 0 Å². The Morgan fingerprint density at radius 3 is 2.79 bits per heavy atom. The zero-order valence-corrected chi connectivity index (χ0v) is 12.1. The molecule has 0 atom stereocenters. The van der Waals surface area contributed by atoms with Gasteiger partial charge in [-0.25, -0.2) is 4.79 Å². The highest BCUT2D eigenvalue weighted by molar-refractivity contribution is 5.67. The molecule has 0 fully saturated rings. The Bertz CT molecular complexity index is 422. The molecule has 4 heteroatoms. The van der Waals surface area contributed by atoms with Crippen LogP contribution in [0, 0.1) is 0 Å². The molecule has 4 nitrogen and oxygen atoms in total. The lowest BCUT2D eigenvalue weighted by atomic mass is 10.2. The monoisotopic (exact) mass is 262 g/mol. The molecule has 0 saturated carbocycles. The third-order valence-electron chi connectivity index (χ3n) is 2.33. The third kappa shape index (κ3) is 6.60. The van der Waals surface area contributed by atoms with E-state index in [0.717, 1.165) is 12.0 Å². The topological polar surface area (TPSA) is 42.4 Å². The first-order valence-corrected chi connectivity index (χ1v) is 6.39. The number of hydrogen-bond donors (Lipinski definition) is 0. The molecule has 0 aromatic carbocycles. The molecule has 1 heterocycles. The molecule has 0 aliphatic heterocycles. The average molecular weight is 262 g/mol. The third-order valence-corrected chi connectivity index (χ3v) is 2.33. The molecule has 0 spiro atoms. The van der Waals surface area contributed by atoms with Gasteiger partial charge in [0.25, 0.3) is 0 Å². The highest BCUT2D eigenvalue weighted by atomic mass is 16.6. The van der Waals surface area contributed by atoms with E-state index in [2.05, 4.69) is 4.98 Å².